The zero-order chi connectivity index (χ0) is 18.1. The second-order valence-corrected chi connectivity index (χ2v) is 7.27. The van der Waals surface area contributed by atoms with Gasteiger partial charge in [-0.2, -0.15) is 0 Å². The van der Waals surface area contributed by atoms with E-state index in [9.17, 15) is 5.11 Å². The van der Waals surface area contributed by atoms with E-state index in [4.69, 9.17) is 9.47 Å². The molecule has 0 aliphatic carbocycles. The largest absolute Gasteiger partial charge is 0.485 e. The Bertz CT molecular complexity index is 818. The average Bonchev–Trinajstić information content (AvgIpc) is 2.64. The summed E-state index contributed by atoms with van der Waals surface area (Å²) in [4.78, 5) is 0. The van der Waals surface area contributed by atoms with Crippen LogP contribution >= 0.6 is 0 Å². The van der Waals surface area contributed by atoms with Crippen LogP contribution in [0.5, 0.6) is 11.5 Å². The van der Waals surface area contributed by atoms with Gasteiger partial charge in [0.05, 0.1) is 11.7 Å². The molecule has 0 bridgehead atoms. The lowest BCUT2D eigenvalue weighted by atomic mass is 9.86. The third-order valence-electron chi connectivity index (χ3n) is 4.97. The number of nitrogens with one attached hydrogen (secondary N) is 2. The highest BCUT2D eigenvalue weighted by Gasteiger charge is 2.43. The Kier molecular flexibility index (Phi) is 4.34. The smallest absolute Gasteiger partial charge is 0.153 e. The highest BCUT2D eigenvalue weighted by molar-refractivity contribution is 5.66. The van der Waals surface area contributed by atoms with Crippen molar-refractivity contribution in [3.8, 4) is 11.5 Å². The van der Waals surface area contributed by atoms with Gasteiger partial charge in [-0.1, -0.05) is 30.3 Å². The van der Waals surface area contributed by atoms with Crippen molar-refractivity contribution < 1.29 is 14.6 Å². The molecule has 2 atom stereocenters. The van der Waals surface area contributed by atoms with Crippen LogP contribution in [0.1, 0.15) is 31.0 Å². The number of aliphatic hydroxyl groups excluding tert-OH is 1. The Morgan fingerprint density at radius 2 is 1.96 bits per heavy atom. The molecule has 0 saturated carbocycles. The minimum absolute atomic E-state index is 0.213. The summed E-state index contributed by atoms with van der Waals surface area (Å²) in [5.74, 6) is 1.47. The van der Waals surface area contributed by atoms with Crippen molar-refractivity contribution in [2.24, 2.45) is 0 Å². The quantitative estimate of drug-likeness (QED) is 0.787. The van der Waals surface area contributed by atoms with Crippen LogP contribution in [0.4, 0.5) is 5.69 Å². The average molecular weight is 352 g/mol. The SMILES string of the molecule is CC1(C)Oc2cc3c(cc2C(NCCc2ccccc2)C1O)NC=CO3. The van der Waals surface area contributed by atoms with Crippen LogP contribution in [0.3, 0.4) is 0 Å². The minimum atomic E-state index is -0.691. The number of benzene rings is 2. The van der Waals surface area contributed by atoms with E-state index < -0.39 is 11.7 Å². The molecule has 4 rings (SSSR count). The van der Waals surface area contributed by atoms with Gasteiger partial charge in [0.2, 0.25) is 0 Å². The Hall–Kier alpha value is -2.50. The maximum atomic E-state index is 10.9. The predicted molar refractivity (Wildman–Crippen MR) is 101 cm³/mol. The first-order chi connectivity index (χ1) is 12.5. The monoisotopic (exact) mass is 352 g/mol. The Balaban J connectivity index is 1.59. The summed E-state index contributed by atoms with van der Waals surface area (Å²) in [7, 11) is 0. The van der Waals surface area contributed by atoms with Crippen LogP contribution < -0.4 is 20.1 Å². The number of hydrogen-bond acceptors (Lipinski definition) is 5. The zero-order valence-electron chi connectivity index (χ0n) is 15.0. The van der Waals surface area contributed by atoms with Gasteiger partial charge in [-0.3, -0.25) is 0 Å². The topological polar surface area (TPSA) is 62.8 Å². The third-order valence-corrected chi connectivity index (χ3v) is 4.97. The first-order valence-corrected chi connectivity index (χ1v) is 8.95. The first kappa shape index (κ1) is 16.9. The van der Waals surface area contributed by atoms with E-state index in [0.29, 0.717) is 0 Å². The molecule has 2 aromatic rings. The highest BCUT2D eigenvalue weighted by Crippen LogP contribution is 2.45. The maximum absolute atomic E-state index is 10.9. The summed E-state index contributed by atoms with van der Waals surface area (Å²) in [6.07, 6.45) is 3.59. The Morgan fingerprint density at radius 3 is 2.77 bits per heavy atom. The van der Waals surface area contributed by atoms with E-state index in [0.717, 1.165) is 35.7 Å². The van der Waals surface area contributed by atoms with Crippen molar-refractivity contribution >= 4 is 5.69 Å². The summed E-state index contributed by atoms with van der Waals surface area (Å²) in [6.45, 7) is 4.58. The van der Waals surface area contributed by atoms with Gasteiger partial charge in [0.1, 0.15) is 23.7 Å². The second kappa shape index (κ2) is 6.67. The van der Waals surface area contributed by atoms with Crippen molar-refractivity contribution in [2.45, 2.75) is 38.0 Å². The van der Waals surface area contributed by atoms with Gasteiger partial charge in [-0.15, -0.1) is 0 Å². The molecule has 0 spiro atoms. The standard InChI is InChI=1S/C21H24N2O3/c1-21(2)20(24)19(23-9-8-14-6-4-3-5-7-14)15-12-16-18(13-17(15)26-21)25-11-10-22-16/h3-7,10-13,19-20,22-24H,8-9H2,1-2H3. The molecule has 0 saturated heterocycles. The second-order valence-electron chi connectivity index (χ2n) is 7.27. The molecule has 2 heterocycles. The highest BCUT2D eigenvalue weighted by atomic mass is 16.5. The van der Waals surface area contributed by atoms with Crippen molar-refractivity contribution in [2.75, 3.05) is 11.9 Å². The molecule has 136 valence electrons. The molecule has 2 aliphatic rings. The summed E-state index contributed by atoms with van der Waals surface area (Å²) in [5, 5.41) is 17.6. The summed E-state index contributed by atoms with van der Waals surface area (Å²) in [5.41, 5.74) is 2.39. The third kappa shape index (κ3) is 3.16. The van der Waals surface area contributed by atoms with Crippen LogP contribution in [-0.2, 0) is 6.42 Å². The summed E-state index contributed by atoms with van der Waals surface area (Å²) in [6, 6.07) is 14.0. The fourth-order valence-corrected chi connectivity index (χ4v) is 3.50. The fourth-order valence-electron chi connectivity index (χ4n) is 3.50. The molecule has 2 aliphatic heterocycles. The zero-order valence-corrected chi connectivity index (χ0v) is 15.0. The van der Waals surface area contributed by atoms with E-state index in [1.54, 1.807) is 12.5 Å². The lowest BCUT2D eigenvalue weighted by Gasteiger charge is -2.43. The first-order valence-electron chi connectivity index (χ1n) is 8.95. The van der Waals surface area contributed by atoms with Gasteiger partial charge in [0.25, 0.3) is 0 Å². The number of fused-ring (bicyclic) bond motifs is 2. The molecule has 0 aromatic heterocycles. The number of ether oxygens (including phenoxy) is 2. The summed E-state index contributed by atoms with van der Waals surface area (Å²) >= 11 is 0. The number of hydrogen-bond donors (Lipinski definition) is 3. The molecule has 0 radical (unpaired) electrons. The van der Waals surface area contributed by atoms with Crippen molar-refractivity contribution in [1.82, 2.24) is 5.32 Å². The van der Waals surface area contributed by atoms with Crippen LogP contribution in [0.15, 0.2) is 54.9 Å². The maximum Gasteiger partial charge on any atom is 0.153 e. The number of aliphatic hydroxyl groups is 1. The van der Waals surface area contributed by atoms with Gasteiger partial charge in [-0.25, -0.2) is 0 Å². The van der Waals surface area contributed by atoms with Gasteiger partial charge in [0, 0.05) is 17.8 Å². The molecule has 0 fully saturated rings. The Labute approximate surface area is 153 Å². The van der Waals surface area contributed by atoms with Crippen molar-refractivity contribution in [3.05, 3.63) is 66.1 Å². The molecular formula is C21H24N2O3. The van der Waals surface area contributed by atoms with E-state index in [1.165, 1.54) is 5.56 Å². The van der Waals surface area contributed by atoms with Crippen LogP contribution in [-0.4, -0.2) is 23.4 Å². The lowest BCUT2D eigenvalue weighted by molar-refractivity contribution is -0.0644. The van der Waals surface area contributed by atoms with Crippen LogP contribution in [0.2, 0.25) is 0 Å². The molecule has 5 nitrogen and oxygen atoms in total. The van der Waals surface area contributed by atoms with E-state index >= 15 is 0 Å². The van der Waals surface area contributed by atoms with Crippen LogP contribution in [0, 0.1) is 0 Å². The molecule has 0 amide bonds. The molecular weight excluding hydrogens is 328 g/mol. The number of rotatable bonds is 4. The van der Waals surface area contributed by atoms with Gasteiger partial charge >= 0.3 is 0 Å². The molecule has 2 unspecified atom stereocenters. The molecule has 3 N–H and O–H groups in total. The number of anilines is 1. The van der Waals surface area contributed by atoms with Crippen molar-refractivity contribution in [3.63, 3.8) is 0 Å². The van der Waals surface area contributed by atoms with Crippen LogP contribution in [0.25, 0.3) is 0 Å². The van der Waals surface area contributed by atoms with E-state index in [2.05, 4.69) is 22.8 Å². The molecule has 2 aromatic carbocycles. The lowest BCUT2D eigenvalue weighted by Crippen LogP contribution is -2.52. The summed E-state index contributed by atoms with van der Waals surface area (Å²) < 4.78 is 11.6. The van der Waals surface area contributed by atoms with E-state index in [-0.39, 0.29) is 6.04 Å². The predicted octanol–water partition coefficient (Wildman–Crippen LogP) is 3.37. The molecule has 26 heavy (non-hydrogen) atoms. The van der Waals surface area contributed by atoms with Gasteiger partial charge < -0.3 is 25.2 Å². The fraction of sp³-hybridized carbons (Fsp3) is 0.333. The van der Waals surface area contributed by atoms with Gasteiger partial charge in [0.15, 0.2) is 5.75 Å². The normalized spacial score (nSPS) is 22.4. The van der Waals surface area contributed by atoms with E-state index in [1.807, 2.05) is 44.2 Å². The van der Waals surface area contributed by atoms with Crippen molar-refractivity contribution in [1.29, 1.82) is 0 Å². The minimum Gasteiger partial charge on any atom is -0.485 e. The Morgan fingerprint density at radius 1 is 1.15 bits per heavy atom. The van der Waals surface area contributed by atoms with Gasteiger partial charge in [-0.05, 0) is 38.4 Å². The molecule has 5 heteroatoms.